The van der Waals surface area contributed by atoms with Gasteiger partial charge in [-0.15, -0.1) is 5.10 Å². The van der Waals surface area contributed by atoms with Crippen LogP contribution >= 0.6 is 0 Å². The van der Waals surface area contributed by atoms with Gasteiger partial charge in [0.15, 0.2) is 23.1 Å². The highest BCUT2D eigenvalue weighted by Crippen LogP contribution is 2.36. The second kappa shape index (κ2) is 7.26. The van der Waals surface area contributed by atoms with E-state index in [1.807, 2.05) is 48.5 Å². The molecule has 0 fully saturated rings. The van der Waals surface area contributed by atoms with E-state index >= 15 is 0 Å². The van der Waals surface area contributed by atoms with Gasteiger partial charge in [-0.05, 0) is 30.0 Å². The van der Waals surface area contributed by atoms with Crippen molar-refractivity contribution in [1.82, 2.24) is 19.6 Å². The minimum Gasteiger partial charge on any atom is -0.493 e. The summed E-state index contributed by atoms with van der Waals surface area (Å²) in [4.78, 5) is 22.1. The van der Waals surface area contributed by atoms with Gasteiger partial charge in [0.1, 0.15) is 0 Å². The van der Waals surface area contributed by atoms with Crippen LogP contribution in [-0.2, 0) is 6.42 Å². The van der Waals surface area contributed by atoms with Crippen molar-refractivity contribution in [2.24, 2.45) is 0 Å². The van der Waals surface area contributed by atoms with Crippen molar-refractivity contribution in [2.75, 3.05) is 14.2 Å². The highest BCUT2D eigenvalue weighted by Gasteiger charge is 2.29. The van der Waals surface area contributed by atoms with Crippen LogP contribution in [0, 0.1) is 0 Å². The lowest BCUT2D eigenvalue weighted by Crippen LogP contribution is -2.21. The molecule has 0 N–H and O–H groups in total. The van der Waals surface area contributed by atoms with Crippen molar-refractivity contribution in [3.63, 3.8) is 0 Å². The molecule has 1 aliphatic carbocycles. The first-order valence-corrected chi connectivity index (χ1v) is 9.73. The summed E-state index contributed by atoms with van der Waals surface area (Å²) in [6.07, 6.45) is 2.82. The van der Waals surface area contributed by atoms with Crippen LogP contribution in [0.5, 0.6) is 11.5 Å². The molecule has 5 rings (SSSR count). The van der Waals surface area contributed by atoms with Crippen LogP contribution in [0.1, 0.15) is 34.0 Å². The first-order chi connectivity index (χ1) is 14.7. The Hall–Kier alpha value is -3.74. The molecule has 0 saturated heterocycles. The van der Waals surface area contributed by atoms with E-state index < -0.39 is 0 Å². The Morgan fingerprint density at radius 2 is 1.77 bits per heavy atom. The Labute approximate surface area is 173 Å². The summed E-state index contributed by atoms with van der Waals surface area (Å²) in [5.74, 6) is 2.49. The number of ether oxygens (including phenoxy) is 2. The second-order valence-electron chi connectivity index (χ2n) is 7.29. The van der Waals surface area contributed by atoms with E-state index in [-0.39, 0.29) is 11.7 Å². The number of nitrogens with zero attached hydrogens (tertiary/aromatic N) is 4. The molecule has 0 aliphatic heterocycles. The largest absolute Gasteiger partial charge is 0.493 e. The van der Waals surface area contributed by atoms with E-state index in [0.29, 0.717) is 41.5 Å². The van der Waals surface area contributed by atoms with Crippen LogP contribution in [0.25, 0.3) is 17.2 Å². The van der Waals surface area contributed by atoms with Crippen LogP contribution in [-0.4, -0.2) is 39.6 Å². The Bertz CT molecular complexity index is 1250. The van der Waals surface area contributed by atoms with E-state index in [1.54, 1.807) is 24.9 Å². The zero-order chi connectivity index (χ0) is 20.7. The molecule has 2 aromatic heterocycles. The molecule has 1 atom stereocenters. The molecule has 4 aromatic rings. The molecule has 0 spiro atoms. The van der Waals surface area contributed by atoms with Gasteiger partial charge < -0.3 is 9.47 Å². The molecular weight excluding hydrogens is 380 g/mol. The van der Waals surface area contributed by atoms with E-state index in [9.17, 15) is 4.79 Å². The highest BCUT2D eigenvalue weighted by molar-refractivity contribution is 5.98. The maximum Gasteiger partial charge on any atom is 0.252 e. The minimum absolute atomic E-state index is 0.0243. The fraction of sp³-hybridized carbons (Fsp3) is 0.217. The molecule has 0 radical (unpaired) electrons. The number of hydrogen-bond acceptors (Lipinski definition) is 6. The maximum absolute atomic E-state index is 12.9. The van der Waals surface area contributed by atoms with Crippen LogP contribution < -0.4 is 9.47 Å². The number of hydrogen-bond donors (Lipinski definition) is 0. The monoisotopic (exact) mass is 400 g/mol. The lowest BCUT2D eigenvalue weighted by atomic mass is 9.82. The first kappa shape index (κ1) is 18.3. The summed E-state index contributed by atoms with van der Waals surface area (Å²) in [5.41, 5.74) is 3.31. The van der Waals surface area contributed by atoms with Crippen LogP contribution in [0.2, 0.25) is 0 Å². The van der Waals surface area contributed by atoms with Crippen molar-refractivity contribution in [2.45, 2.75) is 18.8 Å². The van der Waals surface area contributed by atoms with E-state index in [1.165, 1.54) is 0 Å². The number of carbonyl (C=O) groups is 1. The number of ketones is 1. The molecule has 1 aliphatic rings. The number of methoxy groups -OCH3 is 2. The van der Waals surface area contributed by atoms with Crippen molar-refractivity contribution in [1.29, 1.82) is 0 Å². The average molecular weight is 400 g/mol. The number of carbonyl (C=O) groups excluding carboxylic acids is 1. The van der Waals surface area contributed by atoms with Crippen LogP contribution in [0.4, 0.5) is 0 Å². The number of fused-ring (bicyclic) bond motifs is 2. The summed E-state index contributed by atoms with van der Waals surface area (Å²) >= 11 is 0. The van der Waals surface area contributed by atoms with Gasteiger partial charge in [-0.25, -0.2) is 9.50 Å². The summed E-state index contributed by atoms with van der Waals surface area (Å²) < 4.78 is 12.3. The first-order valence-electron chi connectivity index (χ1n) is 9.73. The molecular formula is C23H20N4O3. The molecule has 2 heterocycles. The third kappa shape index (κ3) is 3.08. The Kier molecular flexibility index (Phi) is 4.43. The Balaban J connectivity index is 1.52. The number of rotatable bonds is 4. The highest BCUT2D eigenvalue weighted by atomic mass is 16.5. The lowest BCUT2D eigenvalue weighted by molar-refractivity contribution is 0.0962. The topological polar surface area (TPSA) is 78.6 Å². The number of benzene rings is 2. The summed E-state index contributed by atoms with van der Waals surface area (Å²) in [5, 5.41) is 4.50. The zero-order valence-electron chi connectivity index (χ0n) is 16.7. The van der Waals surface area contributed by atoms with E-state index in [4.69, 9.17) is 9.47 Å². The summed E-state index contributed by atoms with van der Waals surface area (Å²) in [7, 11) is 3.21. The van der Waals surface area contributed by atoms with Gasteiger partial charge in [0, 0.05) is 18.2 Å². The number of aromatic nitrogens is 4. The third-order valence-corrected chi connectivity index (χ3v) is 5.49. The van der Waals surface area contributed by atoms with Crippen molar-refractivity contribution in [3.8, 4) is 22.9 Å². The van der Waals surface area contributed by atoms with Gasteiger partial charge in [0.05, 0.1) is 25.5 Å². The number of Topliss-reactive ketones (excluding diaryl/α,β-unsaturated/α-hetero) is 1. The predicted octanol–water partition coefficient (Wildman–Crippen LogP) is 3.72. The smallest absolute Gasteiger partial charge is 0.252 e. The van der Waals surface area contributed by atoms with Crippen molar-refractivity contribution in [3.05, 3.63) is 71.5 Å². The SMILES string of the molecule is COc1ccc([C@H]2CC(=O)c3cn4nc(-c5ccccc5)nc4nc3C2)cc1OC. The average Bonchev–Trinajstić information content (AvgIpc) is 3.21. The van der Waals surface area contributed by atoms with Gasteiger partial charge in [0.25, 0.3) is 5.78 Å². The molecule has 0 amide bonds. The van der Waals surface area contributed by atoms with Crippen LogP contribution in [0.3, 0.4) is 0 Å². The third-order valence-electron chi connectivity index (χ3n) is 5.49. The maximum atomic E-state index is 12.9. The molecule has 0 unspecified atom stereocenters. The fourth-order valence-electron chi connectivity index (χ4n) is 3.94. The molecule has 7 nitrogen and oxygen atoms in total. The van der Waals surface area contributed by atoms with Gasteiger partial charge in [-0.3, -0.25) is 4.79 Å². The van der Waals surface area contributed by atoms with E-state index in [2.05, 4.69) is 15.1 Å². The van der Waals surface area contributed by atoms with Gasteiger partial charge >= 0.3 is 0 Å². The van der Waals surface area contributed by atoms with Gasteiger partial charge in [0.2, 0.25) is 0 Å². The van der Waals surface area contributed by atoms with E-state index in [0.717, 1.165) is 16.8 Å². The predicted molar refractivity (Wildman–Crippen MR) is 111 cm³/mol. The quantitative estimate of drug-likeness (QED) is 0.520. The van der Waals surface area contributed by atoms with Crippen molar-refractivity contribution < 1.29 is 14.3 Å². The molecule has 7 heteroatoms. The standard InChI is InChI=1S/C23H20N4O3/c1-29-20-9-8-15(12-21(20)30-2)16-10-18-17(19(28)11-16)13-27-23(24-18)25-22(26-27)14-6-4-3-5-7-14/h3-9,12-13,16H,10-11H2,1-2H3/t16-/m1/s1. The summed E-state index contributed by atoms with van der Waals surface area (Å²) in [6.45, 7) is 0. The summed E-state index contributed by atoms with van der Waals surface area (Å²) in [6, 6.07) is 15.5. The normalized spacial score (nSPS) is 15.8. The lowest BCUT2D eigenvalue weighted by Gasteiger charge is -2.23. The van der Waals surface area contributed by atoms with Crippen LogP contribution in [0.15, 0.2) is 54.7 Å². The minimum atomic E-state index is 0.0243. The molecule has 2 aromatic carbocycles. The molecule has 150 valence electrons. The molecule has 30 heavy (non-hydrogen) atoms. The Morgan fingerprint density at radius 3 is 2.53 bits per heavy atom. The molecule has 0 bridgehead atoms. The van der Waals surface area contributed by atoms with Gasteiger partial charge in [-0.1, -0.05) is 36.4 Å². The second-order valence-corrected chi connectivity index (χ2v) is 7.29. The Morgan fingerprint density at radius 1 is 0.967 bits per heavy atom. The molecule has 0 saturated carbocycles. The van der Waals surface area contributed by atoms with Crippen molar-refractivity contribution >= 4 is 11.6 Å². The zero-order valence-corrected chi connectivity index (χ0v) is 16.7. The fourth-order valence-corrected chi connectivity index (χ4v) is 3.94. The van der Waals surface area contributed by atoms with Gasteiger partial charge in [-0.2, -0.15) is 4.98 Å².